The Bertz CT molecular complexity index is 479. The molecular weight excluding hydrogens is 269 g/mol. The summed E-state index contributed by atoms with van der Waals surface area (Å²) in [7, 11) is 0. The molecule has 2 aromatic rings. The van der Waals surface area contributed by atoms with Crippen molar-refractivity contribution in [1.29, 1.82) is 0 Å². The van der Waals surface area contributed by atoms with Gasteiger partial charge >= 0.3 is 0 Å². The standard InChI is InChI=1S/C7H4IN3O/c8-7-10-3-4-5(11-7)1-2-9-6(4)12/h1-3H,(H,9,12). The number of aromatic nitrogens is 3. The average molecular weight is 273 g/mol. The molecule has 5 heteroatoms. The van der Waals surface area contributed by atoms with Crippen molar-refractivity contribution in [3.8, 4) is 0 Å². The van der Waals surface area contributed by atoms with Gasteiger partial charge in [-0.15, -0.1) is 0 Å². The van der Waals surface area contributed by atoms with Gasteiger partial charge < -0.3 is 4.98 Å². The molecule has 0 saturated heterocycles. The zero-order chi connectivity index (χ0) is 8.55. The first-order valence-electron chi connectivity index (χ1n) is 3.27. The number of nitrogens with one attached hydrogen (secondary N) is 1. The van der Waals surface area contributed by atoms with Gasteiger partial charge in [0.1, 0.15) is 0 Å². The first kappa shape index (κ1) is 7.66. The van der Waals surface area contributed by atoms with Crippen LogP contribution in [-0.2, 0) is 0 Å². The molecule has 0 aliphatic rings. The molecule has 0 aromatic carbocycles. The van der Waals surface area contributed by atoms with E-state index in [9.17, 15) is 4.79 Å². The van der Waals surface area contributed by atoms with E-state index in [1.807, 2.05) is 22.6 Å². The highest BCUT2D eigenvalue weighted by atomic mass is 127. The second-order valence-corrected chi connectivity index (χ2v) is 3.21. The smallest absolute Gasteiger partial charge is 0.258 e. The third-order valence-electron chi connectivity index (χ3n) is 1.49. The fourth-order valence-corrected chi connectivity index (χ4v) is 1.35. The van der Waals surface area contributed by atoms with Crippen molar-refractivity contribution in [3.05, 3.63) is 32.6 Å². The number of fused-ring (bicyclic) bond motifs is 1. The van der Waals surface area contributed by atoms with Crippen LogP contribution >= 0.6 is 22.6 Å². The predicted molar refractivity (Wildman–Crippen MR) is 52.9 cm³/mol. The molecule has 0 atom stereocenters. The van der Waals surface area contributed by atoms with Gasteiger partial charge in [-0.25, -0.2) is 9.97 Å². The molecule has 1 N–H and O–H groups in total. The lowest BCUT2D eigenvalue weighted by Crippen LogP contribution is -2.06. The van der Waals surface area contributed by atoms with E-state index in [4.69, 9.17) is 0 Å². The molecule has 0 aliphatic carbocycles. The van der Waals surface area contributed by atoms with Gasteiger partial charge in [0, 0.05) is 35.0 Å². The summed E-state index contributed by atoms with van der Waals surface area (Å²) in [6, 6.07) is 1.75. The number of aromatic amines is 1. The molecule has 2 rings (SSSR count). The monoisotopic (exact) mass is 273 g/mol. The van der Waals surface area contributed by atoms with Crippen LogP contribution in [-0.4, -0.2) is 15.0 Å². The van der Waals surface area contributed by atoms with E-state index in [-0.39, 0.29) is 5.56 Å². The van der Waals surface area contributed by atoms with Gasteiger partial charge in [0.15, 0.2) is 3.83 Å². The molecule has 0 amide bonds. The van der Waals surface area contributed by atoms with Crippen molar-refractivity contribution in [2.45, 2.75) is 0 Å². The minimum atomic E-state index is -0.149. The molecule has 60 valence electrons. The lowest BCUT2D eigenvalue weighted by atomic mass is 10.3. The van der Waals surface area contributed by atoms with Crippen LogP contribution < -0.4 is 5.56 Å². The lowest BCUT2D eigenvalue weighted by Gasteiger charge is -1.93. The van der Waals surface area contributed by atoms with Gasteiger partial charge in [-0.3, -0.25) is 4.79 Å². The number of rotatable bonds is 0. The minimum absolute atomic E-state index is 0.149. The van der Waals surface area contributed by atoms with E-state index < -0.39 is 0 Å². The van der Waals surface area contributed by atoms with E-state index in [2.05, 4.69) is 15.0 Å². The highest BCUT2D eigenvalue weighted by molar-refractivity contribution is 14.1. The molecule has 2 aromatic heterocycles. The minimum Gasteiger partial charge on any atom is -0.328 e. The van der Waals surface area contributed by atoms with Gasteiger partial charge in [-0.1, -0.05) is 0 Å². The van der Waals surface area contributed by atoms with Gasteiger partial charge in [-0.2, -0.15) is 0 Å². The number of hydrogen-bond donors (Lipinski definition) is 1. The van der Waals surface area contributed by atoms with Crippen LogP contribution in [0.25, 0.3) is 10.9 Å². The fourth-order valence-electron chi connectivity index (χ4n) is 0.948. The van der Waals surface area contributed by atoms with Crippen LogP contribution in [0.5, 0.6) is 0 Å². The molecule has 4 nitrogen and oxygen atoms in total. The molecule has 0 bridgehead atoms. The molecule has 12 heavy (non-hydrogen) atoms. The summed E-state index contributed by atoms with van der Waals surface area (Å²) in [5.74, 6) is 0. The van der Waals surface area contributed by atoms with Crippen molar-refractivity contribution < 1.29 is 0 Å². The number of H-pyrrole nitrogens is 1. The van der Waals surface area contributed by atoms with E-state index >= 15 is 0 Å². The van der Waals surface area contributed by atoms with E-state index in [1.165, 1.54) is 6.20 Å². The first-order valence-corrected chi connectivity index (χ1v) is 4.35. The summed E-state index contributed by atoms with van der Waals surface area (Å²) < 4.78 is 0.644. The zero-order valence-electron chi connectivity index (χ0n) is 5.91. The SMILES string of the molecule is O=c1[nH]ccc2nc(I)ncc12. The highest BCUT2D eigenvalue weighted by Crippen LogP contribution is 2.04. The third-order valence-corrected chi connectivity index (χ3v) is 2.01. The number of halogens is 1. The van der Waals surface area contributed by atoms with Crippen molar-refractivity contribution in [2.75, 3.05) is 0 Å². The number of nitrogens with zero attached hydrogens (tertiary/aromatic N) is 2. The van der Waals surface area contributed by atoms with E-state index in [0.717, 1.165) is 0 Å². The summed E-state index contributed by atoms with van der Waals surface area (Å²) >= 11 is 2.01. The van der Waals surface area contributed by atoms with Crippen molar-refractivity contribution in [1.82, 2.24) is 15.0 Å². The molecule has 0 unspecified atom stereocenters. The summed E-state index contributed by atoms with van der Waals surface area (Å²) in [6.07, 6.45) is 3.11. The largest absolute Gasteiger partial charge is 0.328 e. The number of pyridine rings is 1. The lowest BCUT2D eigenvalue weighted by molar-refractivity contribution is 1.13. The van der Waals surface area contributed by atoms with Crippen LogP contribution in [0, 0.1) is 3.83 Å². The molecular formula is C7H4IN3O. The third kappa shape index (κ3) is 1.20. The maximum Gasteiger partial charge on any atom is 0.258 e. The Morgan fingerprint density at radius 3 is 3.17 bits per heavy atom. The Balaban J connectivity index is 2.96. The Hall–Kier alpha value is -0.980. The molecule has 0 aliphatic heterocycles. The van der Waals surface area contributed by atoms with Crippen LogP contribution in [0.2, 0.25) is 0 Å². The second kappa shape index (κ2) is 2.81. The maximum atomic E-state index is 11.2. The fraction of sp³-hybridized carbons (Fsp3) is 0. The molecule has 0 fully saturated rings. The van der Waals surface area contributed by atoms with E-state index in [0.29, 0.717) is 14.7 Å². The van der Waals surface area contributed by atoms with Crippen LogP contribution in [0.15, 0.2) is 23.3 Å². The van der Waals surface area contributed by atoms with Gasteiger partial charge in [0.2, 0.25) is 0 Å². The molecule has 0 saturated carbocycles. The van der Waals surface area contributed by atoms with Gasteiger partial charge in [0.25, 0.3) is 5.56 Å². The van der Waals surface area contributed by atoms with Crippen LogP contribution in [0.4, 0.5) is 0 Å². The Kier molecular flexibility index (Phi) is 1.80. The topological polar surface area (TPSA) is 58.6 Å². The quantitative estimate of drug-likeness (QED) is 0.573. The van der Waals surface area contributed by atoms with Gasteiger partial charge in [-0.05, 0) is 6.07 Å². The summed E-state index contributed by atoms with van der Waals surface area (Å²) in [5.41, 5.74) is 0.530. The second-order valence-electron chi connectivity index (χ2n) is 2.24. The van der Waals surface area contributed by atoms with E-state index in [1.54, 1.807) is 12.3 Å². The Morgan fingerprint density at radius 2 is 2.33 bits per heavy atom. The number of hydrogen-bond acceptors (Lipinski definition) is 3. The Labute approximate surface area is 81.2 Å². The van der Waals surface area contributed by atoms with Crippen molar-refractivity contribution in [3.63, 3.8) is 0 Å². The zero-order valence-corrected chi connectivity index (χ0v) is 8.07. The normalized spacial score (nSPS) is 10.4. The average Bonchev–Trinajstić information content (AvgIpc) is 2.04. The maximum absolute atomic E-state index is 11.2. The molecule has 0 spiro atoms. The summed E-state index contributed by atoms with van der Waals surface area (Å²) in [5, 5.41) is 0.526. The van der Waals surface area contributed by atoms with Gasteiger partial charge in [0.05, 0.1) is 10.9 Å². The van der Waals surface area contributed by atoms with Crippen LogP contribution in [0.1, 0.15) is 0 Å². The highest BCUT2D eigenvalue weighted by Gasteiger charge is 1.98. The summed E-state index contributed by atoms with van der Waals surface area (Å²) in [4.78, 5) is 21.7. The van der Waals surface area contributed by atoms with Crippen molar-refractivity contribution >= 4 is 33.5 Å². The Morgan fingerprint density at radius 1 is 1.50 bits per heavy atom. The molecule has 0 radical (unpaired) electrons. The first-order chi connectivity index (χ1) is 5.77. The van der Waals surface area contributed by atoms with Crippen LogP contribution in [0.3, 0.4) is 0 Å². The summed E-state index contributed by atoms with van der Waals surface area (Å²) in [6.45, 7) is 0. The predicted octanol–water partition coefficient (Wildman–Crippen LogP) is 0.923. The van der Waals surface area contributed by atoms with Crippen molar-refractivity contribution in [2.24, 2.45) is 0 Å². The molecule has 2 heterocycles.